The van der Waals surface area contributed by atoms with Gasteiger partial charge >= 0.3 is 0 Å². The number of hydrogen-bond acceptors (Lipinski definition) is 4. The number of nitrogens with zero attached hydrogens (tertiary/aromatic N) is 2. The van der Waals surface area contributed by atoms with Crippen molar-refractivity contribution in [3.8, 4) is 0 Å². The molecule has 96 valence electrons. The Kier molecular flexibility index (Phi) is 6.27. The van der Waals surface area contributed by atoms with Crippen molar-refractivity contribution in [1.29, 1.82) is 0 Å². The second-order valence-corrected chi connectivity index (χ2v) is 3.76. The number of carbonyl (C=O) groups excluding carboxylic acids is 1. The number of carbonyl (C=O) groups is 1. The third-order valence-electron chi connectivity index (χ3n) is 2.38. The van der Waals surface area contributed by atoms with Crippen molar-refractivity contribution in [2.24, 2.45) is 0 Å². The van der Waals surface area contributed by atoms with Crippen LogP contribution in [0.1, 0.15) is 6.92 Å². The summed E-state index contributed by atoms with van der Waals surface area (Å²) in [6, 6.07) is -0.199. The maximum absolute atomic E-state index is 11.6. The molecule has 2 N–H and O–H groups in total. The number of methoxy groups -OCH3 is 1. The first kappa shape index (κ1) is 13.7. The zero-order valence-electron chi connectivity index (χ0n) is 10.3. The first-order valence-electron chi connectivity index (χ1n) is 5.70. The van der Waals surface area contributed by atoms with Gasteiger partial charge in [-0.2, -0.15) is 0 Å². The third-order valence-corrected chi connectivity index (χ3v) is 2.38. The molecular weight excluding hydrogens is 220 g/mol. The number of rotatable bonds is 8. The smallest absolute Gasteiger partial charge is 0.236 e. The molecule has 6 heteroatoms. The standard InChI is InChI=1S/C11H20N4O2/c1-10(11(16)14-5-8-17-2)13-4-7-15-6-3-12-9-15/h3,6,9-10,13H,4-5,7-8H2,1-2H3,(H,14,16). The topological polar surface area (TPSA) is 68.2 Å². The summed E-state index contributed by atoms with van der Waals surface area (Å²) in [5, 5.41) is 5.93. The molecule has 0 spiro atoms. The van der Waals surface area contributed by atoms with Gasteiger partial charge in [-0.05, 0) is 6.92 Å². The van der Waals surface area contributed by atoms with Gasteiger partial charge in [0.05, 0.1) is 19.0 Å². The molecule has 1 heterocycles. The fourth-order valence-electron chi connectivity index (χ4n) is 1.35. The van der Waals surface area contributed by atoms with Crippen LogP contribution in [0.2, 0.25) is 0 Å². The second-order valence-electron chi connectivity index (χ2n) is 3.76. The van der Waals surface area contributed by atoms with E-state index in [0.717, 1.165) is 13.1 Å². The maximum atomic E-state index is 11.6. The molecule has 1 unspecified atom stereocenters. The molecule has 1 aromatic heterocycles. The molecule has 0 saturated carbocycles. The van der Waals surface area contributed by atoms with Crippen LogP contribution in [0.5, 0.6) is 0 Å². The van der Waals surface area contributed by atoms with Crippen LogP contribution in [0.25, 0.3) is 0 Å². The minimum atomic E-state index is -0.199. The number of nitrogens with one attached hydrogen (secondary N) is 2. The zero-order chi connectivity index (χ0) is 12.5. The van der Waals surface area contributed by atoms with Crippen LogP contribution in [0.3, 0.4) is 0 Å². The van der Waals surface area contributed by atoms with Gasteiger partial charge < -0.3 is 19.9 Å². The number of ether oxygens (including phenoxy) is 1. The lowest BCUT2D eigenvalue weighted by Gasteiger charge is -2.13. The van der Waals surface area contributed by atoms with Crippen molar-refractivity contribution in [2.45, 2.75) is 19.5 Å². The lowest BCUT2D eigenvalue weighted by Crippen LogP contribution is -2.44. The van der Waals surface area contributed by atoms with Crippen LogP contribution in [-0.4, -0.2) is 48.3 Å². The largest absolute Gasteiger partial charge is 0.383 e. The van der Waals surface area contributed by atoms with E-state index in [4.69, 9.17) is 4.74 Å². The summed E-state index contributed by atoms with van der Waals surface area (Å²) in [5.41, 5.74) is 0. The molecule has 0 fully saturated rings. The zero-order valence-corrected chi connectivity index (χ0v) is 10.3. The number of imidazole rings is 1. The van der Waals surface area contributed by atoms with Crippen molar-refractivity contribution in [3.05, 3.63) is 18.7 Å². The normalized spacial score (nSPS) is 12.4. The second kappa shape index (κ2) is 7.81. The van der Waals surface area contributed by atoms with E-state index in [-0.39, 0.29) is 11.9 Å². The predicted octanol–water partition coefficient (Wildman–Crippen LogP) is -0.376. The SMILES string of the molecule is COCCNC(=O)C(C)NCCn1ccnc1. The van der Waals surface area contributed by atoms with Crippen LogP contribution in [0.15, 0.2) is 18.7 Å². The summed E-state index contributed by atoms with van der Waals surface area (Å²) in [7, 11) is 1.61. The fourth-order valence-corrected chi connectivity index (χ4v) is 1.35. The van der Waals surface area contributed by atoms with E-state index in [2.05, 4.69) is 15.6 Å². The number of aromatic nitrogens is 2. The Labute approximate surface area is 101 Å². The highest BCUT2D eigenvalue weighted by atomic mass is 16.5. The fraction of sp³-hybridized carbons (Fsp3) is 0.636. The van der Waals surface area contributed by atoms with Gasteiger partial charge in [-0.3, -0.25) is 4.79 Å². The van der Waals surface area contributed by atoms with Crippen LogP contribution in [0.4, 0.5) is 0 Å². The molecule has 0 aliphatic heterocycles. The summed E-state index contributed by atoms with van der Waals surface area (Å²) in [6.45, 7) is 4.46. The third kappa shape index (κ3) is 5.46. The van der Waals surface area contributed by atoms with Gasteiger partial charge in [0.25, 0.3) is 0 Å². The number of amides is 1. The van der Waals surface area contributed by atoms with Crippen LogP contribution >= 0.6 is 0 Å². The minimum absolute atomic E-state index is 0.00678. The number of hydrogen-bond donors (Lipinski definition) is 2. The Morgan fingerprint density at radius 3 is 3.00 bits per heavy atom. The van der Waals surface area contributed by atoms with E-state index in [1.807, 2.05) is 17.7 Å². The average molecular weight is 240 g/mol. The van der Waals surface area contributed by atoms with Crippen molar-refractivity contribution in [3.63, 3.8) is 0 Å². The molecule has 1 aromatic rings. The van der Waals surface area contributed by atoms with E-state index in [1.165, 1.54) is 0 Å². The van der Waals surface area contributed by atoms with Crippen LogP contribution in [-0.2, 0) is 16.1 Å². The van der Waals surface area contributed by atoms with Gasteiger partial charge in [0.1, 0.15) is 0 Å². The Morgan fingerprint density at radius 1 is 1.53 bits per heavy atom. The Balaban J connectivity index is 2.11. The Hall–Kier alpha value is -1.40. The van der Waals surface area contributed by atoms with Crippen molar-refractivity contribution >= 4 is 5.91 Å². The van der Waals surface area contributed by atoms with E-state index >= 15 is 0 Å². The minimum Gasteiger partial charge on any atom is -0.383 e. The Morgan fingerprint density at radius 2 is 2.35 bits per heavy atom. The summed E-state index contributed by atoms with van der Waals surface area (Å²) < 4.78 is 6.82. The highest BCUT2D eigenvalue weighted by Gasteiger charge is 2.10. The van der Waals surface area contributed by atoms with Gasteiger partial charge in [0.15, 0.2) is 0 Å². The molecule has 0 aromatic carbocycles. The first-order chi connectivity index (χ1) is 8.24. The lowest BCUT2D eigenvalue weighted by atomic mass is 10.3. The summed E-state index contributed by atoms with van der Waals surface area (Å²) in [6.07, 6.45) is 5.39. The van der Waals surface area contributed by atoms with Crippen LogP contribution < -0.4 is 10.6 Å². The van der Waals surface area contributed by atoms with Crippen LogP contribution in [0, 0.1) is 0 Å². The van der Waals surface area contributed by atoms with E-state index in [0.29, 0.717) is 13.2 Å². The average Bonchev–Trinajstić information content (AvgIpc) is 2.82. The summed E-state index contributed by atoms with van der Waals surface area (Å²) in [5.74, 6) is -0.00678. The highest BCUT2D eigenvalue weighted by molar-refractivity contribution is 5.81. The summed E-state index contributed by atoms with van der Waals surface area (Å²) in [4.78, 5) is 15.5. The molecule has 0 aliphatic carbocycles. The molecule has 1 amide bonds. The monoisotopic (exact) mass is 240 g/mol. The van der Waals surface area contributed by atoms with Gasteiger partial charge in [-0.25, -0.2) is 4.98 Å². The first-order valence-corrected chi connectivity index (χ1v) is 5.70. The van der Waals surface area contributed by atoms with Crippen molar-refractivity contribution in [1.82, 2.24) is 20.2 Å². The molecule has 0 bridgehead atoms. The molecule has 1 atom stereocenters. The van der Waals surface area contributed by atoms with Crippen molar-refractivity contribution < 1.29 is 9.53 Å². The van der Waals surface area contributed by atoms with Gasteiger partial charge in [-0.15, -0.1) is 0 Å². The molecule has 17 heavy (non-hydrogen) atoms. The maximum Gasteiger partial charge on any atom is 0.236 e. The molecule has 0 saturated heterocycles. The van der Waals surface area contributed by atoms with Gasteiger partial charge in [-0.1, -0.05) is 0 Å². The molecule has 0 aliphatic rings. The lowest BCUT2D eigenvalue weighted by molar-refractivity contribution is -0.122. The van der Waals surface area contributed by atoms with Gasteiger partial charge in [0, 0.05) is 39.1 Å². The van der Waals surface area contributed by atoms with E-state index in [9.17, 15) is 4.79 Å². The molecule has 6 nitrogen and oxygen atoms in total. The quantitative estimate of drug-likeness (QED) is 0.608. The van der Waals surface area contributed by atoms with Gasteiger partial charge in [0.2, 0.25) is 5.91 Å². The van der Waals surface area contributed by atoms with E-state index in [1.54, 1.807) is 19.6 Å². The van der Waals surface area contributed by atoms with Crippen molar-refractivity contribution in [2.75, 3.05) is 26.8 Å². The predicted molar refractivity (Wildman–Crippen MR) is 64.6 cm³/mol. The molecule has 0 radical (unpaired) electrons. The highest BCUT2D eigenvalue weighted by Crippen LogP contribution is 1.86. The molecule has 1 rings (SSSR count). The molecular formula is C11H20N4O2. The Bertz CT molecular complexity index is 313. The summed E-state index contributed by atoms with van der Waals surface area (Å²) >= 11 is 0. The van der Waals surface area contributed by atoms with E-state index < -0.39 is 0 Å².